The minimum atomic E-state index is -0.381. The highest BCUT2D eigenvalue weighted by atomic mass is 79.9. The molecule has 2 aromatic rings. The number of nitriles is 1. The minimum Gasteiger partial charge on any atom is -0.266 e. The van der Waals surface area contributed by atoms with Gasteiger partial charge in [-0.05, 0) is 18.2 Å². The zero-order valence-electron chi connectivity index (χ0n) is 9.01. The van der Waals surface area contributed by atoms with Gasteiger partial charge in [0.1, 0.15) is 11.6 Å². The predicted molar refractivity (Wildman–Crippen MR) is 67.3 cm³/mol. The molecule has 2 rings (SSSR count). The first kappa shape index (κ1) is 11.6. The van der Waals surface area contributed by atoms with Gasteiger partial charge in [0.15, 0.2) is 0 Å². The molecule has 0 bridgehead atoms. The van der Waals surface area contributed by atoms with Crippen LogP contribution in [0.5, 0.6) is 0 Å². The molecule has 1 heterocycles. The number of benzene rings is 1. The summed E-state index contributed by atoms with van der Waals surface area (Å²) in [6, 6.07) is 10.9. The van der Waals surface area contributed by atoms with Gasteiger partial charge in [0.25, 0.3) is 5.56 Å². The first-order valence-corrected chi connectivity index (χ1v) is 5.65. The Kier molecular flexibility index (Phi) is 3.07. The average Bonchev–Trinajstić information content (AvgIpc) is 2.33. The maximum atomic E-state index is 11.5. The van der Waals surface area contributed by atoms with Crippen LogP contribution in [0.15, 0.2) is 39.6 Å². The lowest BCUT2D eigenvalue weighted by Crippen LogP contribution is -2.22. The van der Waals surface area contributed by atoms with Crippen molar-refractivity contribution in [3.63, 3.8) is 0 Å². The van der Waals surface area contributed by atoms with Crippen molar-refractivity contribution in [2.45, 2.75) is 0 Å². The Morgan fingerprint density at radius 3 is 2.59 bits per heavy atom. The van der Waals surface area contributed by atoms with Gasteiger partial charge in [-0.25, -0.2) is 4.68 Å². The maximum absolute atomic E-state index is 11.5. The zero-order chi connectivity index (χ0) is 12.4. The third-order valence-corrected chi connectivity index (χ3v) is 2.85. The zero-order valence-corrected chi connectivity index (χ0v) is 10.6. The summed E-state index contributed by atoms with van der Waals surface area (Å²) in [6.45, 7) is 0. The van der Waals surface area contributed by atoms with Crippen molar-refractivity contribution >= 4 is 15.9 Å². The molecule has 0 unspecified atom stereocenters. The second-order valence-electron chi connectivity index (χ2n) is 3.49. The number of rotatable bonds is 1. The molecule has 0 fully saturated rings. The van der Waals surface area contributed by atoms with Crippen molar-refractivity contribution in [1.82, 2.24) is 9.78 Å². The molecule has 4 nitrogen and oxygen atoms in total. The molecule has 0 atom stereocenters. The van der Waals surface area contributed by atoms with Gasteiger partial charge in [-0.2, -0.15) is 10.4 Å². The summed E-state index contributed by atoms with van der Waals surface area (Å²) in [6.07, 6.45) is 0. The highest BCUT2D eigenvalue weighted by molar-refractivity contribution is 9.10. The molecule has 0 aliphatic rings. The summed E-state index contributed by atoms with van der Waals surface area (Å²) in [7, 11) is 1.53. The summed E-state index contributed by atoms with van der Waals surface area (Å²) in [5, 5.41) is 13.0. The van der Waals surface area contributed by atoms with Crippen LogP contribution in [0, 0.1) is 11.3 Å². The fraction of sp³-hybridized carbons (Fsp3) is 0.0833. The Morgan fingerprint density at radius 2 is 2.00 bits per heavy atom. The number of hydrogen-bond acceptors (Lipinski definition) is 3. The molecule has 5 heteroatoms. The lowest BCUT2D eigenvalue weighted by atomic mass is 10.1. The van der Waals surface area contributed by atoms with Gasteiger partial charge in [0.05, 0.1) is 5.69 Å². The molecule has 84 valence electrons. The summed E-state index contributed by atoms with van der Waals surface area (Å²) in [4.78, 5) is 11.5. The summed E-state index contributed by atoms with van der Waals surface area (Å²) in [5.74, 6) is 0. The standard InChI is InChI=1S/C12H8BrN3O/c1-16-12(17)9(7-14)6-11(15-16)8-2-4-10(13)5-3-8/h2-6H,1H3. The second kappa shape index (κ2) is 4.52. The molecule has 0 saturated heterocycles. The van der Waals surface area contributed by atoms with Gasteiger partial charge in [0.2, 0.25) is 0 Å². The lowest BCUT2D eigenvalue weighted by molar-refractivity contribution is 0.709. The molecule has 0 N–H and O–H groups in total. The molecule has 0 radical (unpaired) electrons. The first-order valence-electron chi connectivity index (χ1n) is 4.86. The predicted octanol–water partition coefficient (Wildman–Crippen LogP) is 2.08. The normalized spacial score (nSPS) is 9.94. The van der Waals surface area contributed by atoms with Crippen LogP contribution in [0.1, 0.15) is 5.56 Å². The van der Waals surface area contributed by atoms with Crippen LogP contribution in [0.2, 0.25) is 0 Å². The quantitative estimate of drug-likeness (QED) is 0.808. The van der Waals surface area contributed by atoms with E-state index in [4.69, 9.17) is 5.26 Å². The summed E-state index contributed by atoms with van der Waals surface area (Å²) in [5.41, 5.74) is 1.19. The van der Waals surface area contributed by atoms with E-state index in [2.05, 4.69) is 21.0 Å². The van der Waals surface area contributed by atoms with Gasteiger partial charge < -0.3 is 0 Å². The summed E-state index contributed by atoms with van der Waals surface area (Å²) >= 11 is 3.34. The van der Waals surface area contributed by atoms with Crippen molar-refractivity contribution < 1.29 is 0 Å². The molecule has 0 spiro atoms. The number of nitrogens with zero attached hydrogens (tertiary/aromatic N) is 3. The molecule has 0 saturated carbocycles. The van der Waals surface area contributed by atoms with Crippen molar-refractivity contribution in [3.05, 3.63) is 50.7 Å². The third-order valence-electron chi connectivity index (χ3n) is 2.32. The van der Waals surface area contributed by atoms with Crippen LogP contribution in [0.4, 0.5) is 0 Å². The van der Waals surface area contributed by atoms with Crippen molar-refractivity contribution in [1.29, 1.82) is 5.26 Å². The number of aromatic nitrogens is 2. The Hall–Kier alpha value is -1.93. The van der Waals surface area contributed by atoms with Crippen molar-refractivity contribution in [3.8, 4) is 17.3 Å². The van der Waals surface area contributed by atoms with E-state index >= 15 is 0 Å². The smallest absolute Gasteiger partial charge is 0.266 e. The second-order valence-corrected chi connectivity index (χ2v) is 4.41. The van der Waals surface area contributed by atoms with Crippen LogP contribution < -0.4 is 5.56 Å². The van der Waals surface area contributed by atoms with Gasteiger partial charge >= 0.3 is 0 Å². The topological polar surface area (TPSA) is 58.7 Å². The average molecular weight is 290 g/mol. The van der Waals surface area contributed by atoms with E-state index in [-0.39, 0.29) is 11.1 Å². The molecular weight excluding hydrogens is 282 g/mol. The fourth-order valence-electron chi connectivity index (χ4n) is 1.45. The van der Waals surface area contributed by atoms with E-state index in [9.17, 15) is 4.79 Å². The van der Waals surface area contributed by atoms with Gasteiger partial charge in [-0.15, -0.1) is 0 Å². The number of aryl methyl sites for hydroxylation is 1. The molecular formula is C12H8BrN3O. The molecule has 1 aromatic carbocycles. The van der Waals surface area contributed by atoms with Crippen molar-refractivity contribution in [2.75, 3.05) is 0 Å². The lowest BCUT2D eigenvalue weighted by Gasteiger charge is -2.04. The van der Waals surface area contributed by atoms with E-state index in [0.717, 1.165) is 10.0 Å². The highest BCUT2D eigenvalue weighted by Gasteiger charge is 2.07. The largest absolute Gasteiger partial charge is 0.284 e. The van der Waals surface area contributed by atoms with E-state index in [1.807, 2.05) is 30.3 Å². The Balaban J connectivity index is 2.61. The van der Waals surface area contributed by atoms with Gasteiger partial charge in [-0.3, -0.25) is 4.79 Å². The SMILES string of the molecule is Cn1nc(-c2ccc(Br)cc2)cc(C#N)c1=O. The van der Waals surface area contributed by atoms with Gasteiger partial charge in [-0.1, -0.05) is 28.1 Å². The van der Waals surface area contributed by atoms with Crippen LogP contribution >= 0.6 is 15.9 Å². The first-order chi connectivity index (χ1) is 8.11. The van der Waals surface area contributed by atoms with Crippen LogP contribution in [-0.2, 0) is 7.05 Å². The highest BCUT2D eigenvalue weighted by Crippen LogP contribution is 2.19. The monoisotopic (exact) mass is 289 g/mol. The van der Waals surface area contributed by atoms with E-state index < -0.39 is 0 Å². The van der Waals surface area contributed by atoms with E-state index in [0.29, 0.717) is 5.69 Å². The van der Waals surface area contributed by atoms with Crippen LogP contribution in [0.25, 0.3) is 11.3 Å². The summed E-state index contributed by atoms with van der Waals surface area (Å²) < 4.78 is 2.14. The minimum absolute atomic E-state index is 0.0976. The van der Waals surface area contributed by atoms with E-state index in [1.54, 1.807) is 0 Å². The number of halogens is 1. The van der Waals surface area contributed by atoms with Gasteiger partial charge in [0, 0.05) is 17.1 Å². The Morgan fingerprint density at radius 1 is 1.35 bits per heavy atom. The molecule has 0 aliphatic carbocycles. The van der Waals surface area contributed by atoms with Crippen LogP contribution in [0.3, 0.4) is 0 Å². The molecule has 0 aliphatic heterocycles. The molecule has 1 aromatic heterocycles. The fourth-order valence-corrected chi connectivity index (χ4v) is 1.71. The number of hydrogen-bond donors (Lipinski definition) is 0. The maximum Gasteiger partial charge on any atom is 0.284 e. The van der Waals surface area contributed by atoms with Crippen LogP contribution in [-0.4, -0.2) is 9.78 Å². The molecule has 0 amide bonds. The Labute approximate surface area is 106 Å². The van der Waals surface area contributed by atoms with Crippen molar-refractivity contribution in [2.24, 2.45) is 7.05 Å². The third kappa shape index (κ3) is 2.27. The van der Waals surface area contributed by atoms with E-state index in [1.165, 1.54) is 17.8 Å². The molecule has 17 heavy (non-hydrogen) atoms. The Bertz CT molecular complexity index is 653.